The van der Waals surface area contributed by atoms with Crippen molar-refractivity contribution in [1.29, 1.82) is 0 Å². The molecule has 0 bridgehead atoms. The van der Waals surface area contributed by atoms with Crippen LogP contribution in [-0.2, 0) is 12.7 Å². The number of fused-ring (bicyclic) bond motifs is 1. The lowest BCUT2D eigenvalue weighted by Crippen LogP contribution is -2.44. The molecular weight excluding hydrogens is 295 g/mol. The number of anilines is 2. The number of alkyl halides is 3. The van der Waals surface area contributed by atoms with E-state index in [9.17, 15) is 18.3 Å². The van der Waals surface area contributed by atoms with Crippen molar-refractivity contribution in [2.24, 2.45) is 5.41 Å². The van der Waals surface area contributed by atoms with Gasteiger partial charge in [0.15, 0.2) is 0 Å². The van der Waals surface area contributed by atoms with E-state index in [4.69, 9.17) is 0 Å². The number of aromatic nitrogens is 2. The van der Waals surface area contributed by atoms with E-state index in [2.05, 4.69) is 5.10 Å². The van der Waals surface area contributed by atoms with Gasteiger partial charge in [-0.2, -0.15) is 18.3 Å². The number of nitrogens with zero attached hydrogens (tertiary/aromatic N) is 3. The summed E-state index contributed by atoms with van der Waals surface area (Å²) < 4.78 is 39.8. The Morgan fingerprint density at radius 2 is 1.86 bits per heavy atom. The molecule has 0 saturated carbocycles. The van der Waals surface area contributed by atoms with Crippen molar-refractivity contribution in [3.8, 4) is 0 Å². The van der Waals surface area contributed by atoms with Crippen LogP contribution < -0.4 is 4.90 Å². The molecule has 0 spiro atoms. The molecule has 0 aliphatic carbocycles. The number of rotatable bonds is 2. The molecular formula is C15H16F3N3O. The Labute approximate surface area is 125 Å². The maximum Gasteiger partial charge on any atom is 0.416 e. The average molecular weight is 311 g/mol. The molecule has 1 aromatic heterocycles. The van der Waals surface area contributed by atoms with Crippen LogP contribution in [0.25, 0.3) is 0 Å². The minimum Gasteiger partial charge on any atom is -0.396 e. The minimum atomic E-state index is -4.35. The van der Waals surface area contributed by atoms with Crippen LogP contribution in [0.2, 0.25) is 0 Å². The smallest absolute Gasteiger partial charge is 0.396 e. The molecule has 1 aliphatic heterocycles. The largest absolute Gasteiger partial charge is 0.416 e. The van der Waals surface area contributed by atoms with E-state index in [0.29, 0.717) is 18.8 Å². The van der Waals surface area contributed by atoms with Gasteiger partial charge in [-0.3, -0.25) is 0 Å². The van der Waals surface area contributed by atoms with E-state index in [1.54, 1.807) is 10.9 Å². The van der Waals surface area contributed by atoms with Crippen LogP contribution >= 0.6 is 0 Å². The van der Waals surface area contributed by atoms with Crippen LogP contribution in [0.15, 0.2) is 36.5 Å². The third-order valence-corrected chi connectivity index (χ3v) is 3.93. The first-order valence-corrected chi connectivity index (χ1v) is 6.90. The van der Waals surface area contributed by atoms with E-state index >= 15 is 0 Å². The van der Waals surface area contributed by atoms with Crippen molar-refractivity contribution >= 4 is 11.5 Å². The molecule has 3 rings (SSSR count). The minimum absolute atomic E-state index is 0.0244. The van der Waals surface area contributed by atoms with Crippen LogP contribution in [0, 0.1) is 5.41 Å². The molecule has 1 aromatic carbocycles. The molecule has 22 heavy (non-hydrogen) atoms. The van der Waals surface area contributed by atoms with Crippen LogP contribution in [0.5, 0.6) is 0 Å². The molecule has 0 amide bonds. The van der Waals surface area contributed by atoms with Crippen LogP contribution in [0.1, 0.15) is 12.5 Å². The molecule has 7 heteroatoms. The highest BCUT2D eigenvalue weighted by Crippen LogP contribution is 2.37. The molecule has 2 aromatic rings. The van der Waals surface area contributed by atoms with Gasteiger partial charge in [-0.25, -0.2) is 4.68 Å². The van der Waals surface area contributed by atoms with Crippen molar-refractivity contribution in [2.45, 2.75) is 19.6 Å². The summed E-state index contributed by atoms with van der Waals surface area (Å²) in [5.41, 5.74) is -0.428. The second-order valence-corrected chi connectivity index (χ2v) is 5.95. The molecule has 4 nitrogen and oxygen atoms in total. The summed E-state index contributed by atoms with van der Waals surface area (Å²) in [7, 11) is 0. The molecule has 1 aliphatic rings. The van der Waals surface area contributed by atoms with Gasteiger partial charge in [-0.15, -0.1) is 0 Å². The number of benzene rings is 1. The molecule has 118 valence electrons. The van der Waals surface area contributed by atoms with Crippen molar-refractivity contribution in [3.63, 3.8) is 0 Å². The normalized spacial score (nSPS) is 21.8. The second kappa shape index (κ2) is 5.01. The summed E-state index contributed by atoms with van der Waals surface area (Å²) in [5.74, 6) is 0.811. The summed E-state index contributed by atoms with van der Waals surface area (Å²) in [4.78, 5) is 1.88. The highest BCUT2D eigenvalue weighted by atomic mass is 19.4. The van der Waals surface area contributed by atoms with Crippen molar-refractivity contribution in [2.75, 3.05) is 18.1 Å². The Balaban J connectivity index is 1.97. The van der Waals surface area contributed by atoms with Gasteiger partial charge < -0.3 is 10.0 Å². The number of aliphatic hydroxyl groups is 1. The Morgan fingerprint density at radius 3 is 2.45 bits per heavy atom. The lowest BCUT2D eigenvalue weighted by molar-refractivity contribution is -0.137. The van der Waals surface area contributed by atoms with Gasteiger partial charge in [0.2, 0.25) is 0 Å². The van der Waals surface area contributed by atoms with Gasteiger partial charge in [-0.05, 0) is 24.3 Å². The van der Waals surface area contributed by atoms with E-state index < -0.39 is 17.2 Å². The van der Waals surface area contributed by atoms with E-state index in [1.807, 2.05) is 17.9 Å². The lowest BCUT2D eigenvalue weighted by Gasteiger charge is -2.40. The number of halogens is 3. The summed E-state index contributed by atoms with van der Waals surface area (Å²) in [6, 6.07) is 6.85. The number of hydrogen-bond donors (Lipinski definition) is 1. The molecule has 1 atom stereocenters. The summed E-state index contributed by atoms with van der Waals surface area (Å²) in [5, 5.41) is 13.8. The molecule has 0 fully saturated rings. The Morgan fingerprint density at radius 1 is 1.18 bits per heavy atom. The van der Waals surface area contributed by atoms with Crippen molar-refractivity contribution in [1.82, 2.24) is 9.78 Å². The lowest BCUT2D eigenvalue weighted by atomic mass is 9.89. The molecule has 1 unspecified atom stereocenters. The van der Waals surface area contributed by atoms with Crippen molar-refractivity contribution in [3.05, 3.63) is 42.1 Å². The fourth-order valence-corrected chi connectivity index (χ4v) is 2.71. The monoisotopic (exact) mass is 311 g/mol. The highest BCUT2D eigenvalue weighted by molar-refractivity contribution is 5.61. The Kier molecular flexibility index (Phi) is 3.40. The third-order valence-electron chi connectivity index (χ3n) is 3.93. The number of aliphatic hydroxyl groups excluding tert-OH is 1. The van der Waals surface area contributed by atoms with Crippen LogP contribution in [0.4, 0.5) is 24.7 Å². The first-order valence-electron chi connectivity index (χ1n) is 6.90. The predicted octanol–water partition coefficient (Wildman–Crippen LogP) is 3.05. The van der Waals surface area contributed by atoms with E-state index in [0.717, 1.165) is 18.0 Å². The van der Waals surface area contributed by atoms with Gasteiger partial charge in [0.25, 0.3) is 0 Å². The first kappa shape index (κ1) is 14.9. The maximum atomic E-state index is 12.7. The van der Waals surface area contributed by atoms with Gasteiger partial charge in [0.05, 0.1) is 24.9 Å². The van der Waals surface area contributed by atoms with Crippen molar-refractivity contribution < 1.29 is 18.3 Å². The SMILES string of the molecule is CC1(CO)CN(c2ccc(C(F)(F)F)cc2)c2ccnn2C1. The summed E-state index contributed by atoms with van der Waals surface area (Å²) in [6.45, 7) is 2.99. The summed E-state index contributed by atoms with van der Waals surface area (Å²) >= 11 is 0. The van der Waals surface area contributed by atoms with Gasteiger partial charge >= 0.3 is 6.18 Å². The maximum absolute atomic E-state index is 12.7. The van der Waals surface area contributed by atoms with Crippen LogP contribution in [-0.4, -0.2) is 28.0 Å². The zero-order valence-electron chi connectivity index (χ0n) is 12.0. The fraction of sp³-hybridized carbons (Fsp3) is 0.400. The Bertz CT molecular complexity index is 665. The predicted molar refractivity (Wildman–Crippen MR) is 75.9 cm³/mol. The molecule has 0 saturated heterocycles. The first-order chi connectivity index (χ1) is 10.3. The Hall–Kier alpha value is -2.02. The average Bonchev–Trinajstić information content (AvgIpc) is 2.93. The van der Waals surface area contributed by atoms with Gasteiger partial charge in [0.1, 0.15) is 5.82 Å². The van der Waals surface area contributed by atoms with Gasteiger partial charge in [0, 0.05) is 23.7 Å². The zero-order valence-corrected chi connectivity index (χ0v) is 12.0. The fourth-order valence-electron chi connectivity index (χ4n) is 2.71. The third kappa shape index (κ3) is 2.56. The molecule has 2 heterocycles. The number of hydrogen-bond acceptors (Lipinski definition) is 3. The topological polar surface area (TPSA) is 41.3 Å². The quantitative estimate of drug-likeness (QED) is 0.927. The van der Waals surface area contributed by atoms with Gasteiger partial charge in [-0.1, -0.05) is 6.92 Å². The van der Waals surface area contributed by atoms with Crippen LogP contribution in [0.3, 0.4) is 0 Å². The highest BCUT2D eigenvalue weighted by Gasteiger charge is 2.35. The molecule has 1 N–H and O–H groups in total. The molecule has 0 radical (unpaired) electrons. The summed E-state index contributed by atoms with van der Waals surface area (Å²) in [6.07, 6.45) is -2.70. The van der Waals surface area contributed by atoms with E-state index in [1.165, 1.54) is 12.1 Å². The van der Waals surface area contributed by atoms with E-state index in [-0.39, 0.29) is 6.61 Å². The zero-order chi connectivity index (χ0) is 16.0. The standard InChI is InChI=1S/C15H16F3N3O/c1-14(10-22)8-20(13-6-7-19-21(13)9-14)12-4-2-11(3-5-12)15(16,17)18/h2-7,22H,8-10H2,1H3. The second-order valence-electron chi connectivity index (χ2n) is 5.95.